The fourth-order valence-corrected chi connectivity index (χ4v) is 7.43. The molecule has 10 aromatic rings. The van der Waals surface area contributed by atoms with Crippen molar-refractivity contribution in [1.29, 1.82) is 0 Å². The summed E-state index contributed by atoms with van der Waals surface area (Å²) < 4.78 is 0. The zero-order valence-electron chi connectivity index (χ0n) is 32.5. The van der Waals surface area contributed by atoms with Gasteiger partial charge in [-0.2, -0.15) is 0 Å². The van der Waals surface area contributed by atoms with E-state index in [2.05, 4.69) is 149 Å². The molecule has 0 saturated heterocycles. The molecule has 0 N–H and O–H groups in total. The number of hydrogen-bond acceptors (Lipinski definition) is 6. The van der Waals surface area contributed by atoms with Crippen molar-refractivity contribution in [2.45, 2.75) is 0 Å². The van der Waals surface area contributed by atoms with Gasteiger partial charge in [-0.3, -0.25) is 19.9 Å². The molecule has 0 bridgehead atoms. The van der Waals surface area contributed by atoms with Crippen LogP contribution in [0.4, 0.5) is 0 Å². The molecule has 282 valence electrons. The molecule has 0 amide bonds. The van der Waals surface area contributed by atoms with Gasteiger partial charge in [-0.05, 0) is 76.9 Å². The average molecular weight is 769 g/mol. The fourth-order valence-electron chi connectivity index (χ4n) is 7.43. The number of rotatable bonds is 9. The Morgan fingerprint density at radius 3 is 1.07 bits per heavy atom. The largest absolute Gasteiger partial charge is 0.264 e. The molecule has 5 aromatic heterocycles. The van der Waals surface area contributed by atoms with Crippen molar-refractivity contribution in [3.8, 4) is 101 Å². The van der Waals surface area contributed by atoms with Crippen LogP contribution in [0, 0.1) is 0 Å². The first-order valence-electron chi connectivity index (χ1n) is 19.8. The summed E-state index contributed by atoms with van der Waals surface area (Å²) in [5, 5.41) is 0. The lowest BCUT2D eigenvalue weighted by molar-refractivity contribution is 1.18. The van der Waals surface area contributed by atoms with Crippen molar-refractivity contribution in [3.05, 3.63) is 219 Å². The quantitative estimate of drug-likeness (QED) is 0.145. The van der Waals surface area contributed by atoms with Gasteiger partial charge in [0.2, 0.25) is 0 Å². The molecular formula is C54H36N6. The maximum atomic E-state index is 5.23. The van der Waals surface area contributed by atoms with Crippen molar-refractivity contribution in [2.75, 3.05) is 0 Å². The molecular weight excluding hydrogens is 733 g/mol. The second-order valence-electron chi connectivity index (χ2n) is 14.5. The summed E-state index contributed by atoms with van der Waals surface area (Å²) in [5.74, 6) is 0.658. The molecule has 0 atom stereocenters. The lowest BCUT2D eigenvalue weighted by Crippen LogP contribution is -1.96. The molecule has 0 unspecified atom stereocenters. The van der Waals surface area contributed by atoms with E-state index in [4.69, 9.17) is 19.9 Å². The molecule has 0 fully saturated rings. The minimum Gasteiger partial charge on any atom is -0.264 e. The molecule has 10 rings (SSSR count). The molecule has 0 aliphatic heterocycles. The molecule has 0 aliphatic carbocycles. The lowest BCUT2D eigenvalue weighted by Gasteiger charge is -2.12. The van der Waals surface area contributed by atoms with Crippen LogP contribution in [0.3, 0.4) is 0 Å². The summed E-state index contributed by atoms with van der Waals surface area (Å²) in [7, 11) is 0. The van der Waals surface area contributed by atoms with Crippen molar-refractivity contribution in [2.24, 2.45) is 0 Å². The van der Waals surface area contributed by atoms with Crippen molar-refractivity contribution in [3.63, 3.8) is 0 Å². The van der Waals surface area contributed by atoms with Crippen LogP contribution in [0.2, 0.25) is 0 Å². The topological polar surface area (TPSA) is 77.3 Å². The van der Waals surface area contributed by atoms with Crippen LogP contribution in [-0.2, 0) is 0 Å². The number of pyridine rings is 4. The minimum absolute atomic E-state index is 0.658. The maximum absolute atomic E-state index is 5.23. The van der Waals surface area contributed by atoms with Crippen LogP contribution in [0.5, 0.6) is 0 Å². The van der Waals surface area contributed by atoms with Gasteiger partial charge >= 0.3 is 0 Å². The SMILES string of the molecule is c1ccc(-c2cc(-c3cccc(-c4cccc(-c5ccc(-c6cccnc6)cn5)c4)c3)nc(-c3cccc(-c4cccc(-c5ccc(-c6cccnc6)cn5)c4)c3)n2)cc1. The average Bonchev–Trinajstić information content (AvgIpc) is 3.35. The van der Waals surface area contributed by atoms with Gasteiger partial charge < -0.3 is 0 Å². The van der Waals surface area contributed by atoms with Gasteiger partial charge in [0.05, 0.1) is 22.8 Å². The maximum Gasteiger partial charge on any atom is 0.160 e. The lowest BCUT2D eigenvalue weighted by atomic mass is 9.98. The number of benzene rings is 5. The van der Waals surface area contributed by atoms with E-state index >= 15 is 0 Å². The molecule has 0 aliphatic rings. The summed E-state index contributed by atoms with van der Waals surface area (Å²) in [6.07, 6.45) is 11.1. The predicted molar refractivity (Wildman–Crippen MR) is 242 cm³/mol. The second-order valence-corrected chi connectivity index (χ2v) is 14.5. The molecule has 0 radical (unpaired) electrons. The normalized spacial score (nSPS) is 11.0. The smallest absolute Gasteiger partial charge is 0.160 e. The van der Waals surface area contributed by atoms with Gasteiger partial charge in [0.15, 0.2) is 5.82 Å². The third-order valence-electron chi connectivity index (χ3n) is 10.6. The van der Waals surface area contributed by atoms with E-state index in [1.165, 1.54) is 0 Å². The molecule has 5 heterocycles. The van der Waals surface area contributed by atoms with Crippen molar-refractivity contribution < 1.29 is 0 Å². The Kier molecular flexibility index (Phi) is 9.84. The highest BCUT2D eigenvalue weighted by Gasteiger charge is 2.14. The monoisotopic (exact) mass is 768 g/mol. The number of aromatic nitrogens is 6. The van der Waals surface area contributed by atoms with E-state index in [1.807, 2.05) is 67.3 Å². The highest BCUT2D eigenvalue weighted by Crippen LogP contribution is 2.34. The van der Waals surface area contributed by atoms with Crippen molar-refractivity contribution in [1.82, 2.24) is 29.9 Å². The van der Waals surface area contributed by atoms with Crippen LogP contribution in [-0.4, -0.2) is 29.9 Å². The van der Waals surface area contributed by atoms with Crippen LogP contribution in [0.15, 0.2) is 219 Å². The summed E-state index contributed by atoms with van der Waals surface area (Å²) in [6.45, 7) is 0. The standard InChI is InChI=1S/C54H36N6/c1-2-10-37(11-3-1)52-32-53(44-18-6-14-40(30-44)38-12-4-16-42(28-38)50-24-22-48(35-57-50)46-20-8-26-55-33-46)60-54(59-52)45-19-7-15-41(31-45)39-13-5-17-43(29-39)51-25-23-49(36-58-51)47-21-9-27-56-34-47/h1-36H. The molecule has 5 aromatic carbocycles. The third-order valence-corrected chi connectivity index (χ3v) is 10.6. The van der Waals surface area contributed by atoms with Gasteiger partial charge in [-0.25, -0.2) is 9.97 Å². The summed E-state index contributed by atoms with van der Waals surface area (Å²) in [5.41, 5.74) is 17.1. The summed E-state index contributed by atoms with van der Waals surface area (Å²) in [4.78, 5) is 28.5. The van der Waals surface area contributed by atoms with E-state index < -0.39 is 0 Å². The zero-order valence-corrected chi connectivity index (χ0v) is 32.5. The van der Waals surface area contributed by atoms with E-state index in [-0.39, 0.29) is 0 Å². The Hall–Kier alpha value is -8.22. The summed E-state index contributed by atoms with van der Waals surface area (Å²) >= 11 is 0. The van der Waals surface area contributed by atoms with E-state index in [0.29, 0.717) is 5.82 Å². The number of hydrogen-bond donors (Lipinski definition) is 0. The summed E-state index contributed by atoms with van der Waals surface area (Å²) in [6, 6.07) is 62.7. The highest BCUT2D eigenvalue weighted by atomic mass is 14.9. The van der Waals surface area contributed by atoms with E-state index in [9.17, 15) is 0 Å². The Balaban J connectivity index is 0.973. The zero-order chi connectivity index (χ0) is 40.1. The van der Waals surface area contributed by atoms with Crippen LogP contribution < -0.4 is 0 Å². The molecule has 60 heavy (non-hydrogen) atoms. The second kappa shape index (κ2) is 16.3. The first-order chi connectivity index (χ1) is 29.7. The molecule has 0 spiro atoms. The van der Waals surface area contributed by atoms with Crippen LogP contribution in [0.1, 0.15) is 0 Å². The number of nitrogens with zero attached hydrogens (tertiary/aromatic N) is 6. The van der Waals surface area contributed by atoms with Gasteiger partial charge in [-0.15, -0.1) is 0 Å². The highest BCUT2D eigenvalue weighted by molar-refractivity contribution is 5.80. The molecule has 6 nitrogen and oxygen atoms in total. The van der Waals surface area contributed by atoms with Gasteiger partial charge in [-0.1, -0.05) is 127 Å². The Morgan fingerprint density at radius 2 is 0.617 bits per heavy atom. The Labute approximate surface area is 348 Å². The van der Waals surface area contributed by atoms with Gasteiger partial charge in [0, 0.05) is 87.3 Å². The predicted octanol–water partition coefficient (Wildman–Crippen LogP) is 13.1. The first-order valence-corrected chi connectivity index (χ1v) is 19.8. The van der Waals surface area contributed by atoms with Gasteiger partial charge in [0.25, 0.3) is 0 Å². The van der Waals surface area contributed by atoms with Crippen molar-refractivity contribution >= 4 is 0 Å². The third kappa shape index (κ3) is 7.73. The fraction of sp³-hybridized carbons (Fsp3) is 0. The minimum atomic E-state index is 0.658. The van der Waals surface area contributed by atoms with Gasteiger partial charge in [0.1, 0.15) is 0 Å². The molecule has 0 saturated carbocycles. The Morgan fingerprint density at radius 1 is 0.233 bits per heavy atom. The van der Waals surface area contributed by atoms with E-state index in [0.717, 1.165) is 95.1 Å². The van der Waals surface area contributed by atoms with Crippen LogP contribution in [0.25, 0.3) is 101 Å². The Bertz CT molecular complexity index is 2870. The van der Waals surface area contributed by atoms with Crippen LogP contribution >= 0.6 is 0 Å². The molecule has 6 heteroatoms. The first kappa shape index (κ1) is 36.1. The van der Waals surface area contributed by atoms with E-state index in [1.54, 1.807) is 12.4 Å².